The van der Waals surface area contributed by atoms with Crippen molar-refractivity contribution in [2.75, 3.05) is 0 Å². The lowest BCUT2D eigenvalue weighted by molar-refractivity contribution is 0.563. The summed E-state index contributed by atoms with van der Waals surface area (Å²) in [6.45, 7) is 5.03. The molecule has 3 aromatic rings. The van der Waals surface area contributed by atoms with Gasteiger partial charge in [-0.15, -0.1) is 11.3 Å². The molecule has 126 valence electrons. The maximum atomic E-state index is 12.8. The highest BCUT2D eigenvalue weighted by Gasteiger charge is 2.26. The summed E-state index contributed by atoms with van der Waals surface area (Å²) in [7, 11) is -4.00. The Morgan fingerprint density at radius 1 is 1.21 bits per heavy atom. The van der Waals surface area contributed by atoms with E-state index in [-0.39, 0.29) is 10.6 Å². The van der Waals surface area contributed by atoms with Gasteiger partial charge in [0.25, 0.3) is 5.56 Å². The second kappa shape index (κ2) is 6.12. The van der Waals surface area contributed by atoms with E-state index in [9.17, 15) is 13.2 Å². The van der Waals surface area contributed by atoms with E-state index in [1.54, 1.807) is 19.2 Å². The topological polar surface area (TPSA) is 80.5 Å². The molecule has 0 aliphatic rings. The van der Waals surface area contributed by atoms with Gasteiger partial charge in [-0.05, 0) is 26.3 Å². The molecule has 0 unspecified atom stereocenters. The fraction of sp³-hybridized carbons (Fsp3) is 0.250. The molecule has 1 aromatic carbocycles. The molecule has 0 radical (unpaired) electrons. The van der Waals surface area contributed by atoms with Crippen LogP contribution in [0.25, 0.3) is 4.96 Å². The summed E-state index contributed by atoms with van der Waals surface area (Å²) >= 11 is 1.31. The van der Waals surface area contributed by atoms with Crippen molar-refractivity contribution in [2.45, 2.75) is 31.7 Å². The Balaban J connectivity index is 2.09. The number of aryl methyl sites for hydroxylation is 2. The van der Waals surface area contributed by atoms with Gasteiger partial charge in [0.2, 0.25) is 10.0 Å². The highest BCUT2D eigenvalue weighted by Crippen LogP contribution is 2.19. The number of hydrogen-bond donors (Lipinski definition) is 1. The van der Waals surface area contributed by atoms with Crippen LogP contribution in [0.1, 0.15) is 29.9 Å². The minimum absolute atomic E-state index is 0.203. The SMILES string of the molecule is Cc1nc2scc(C)n2c(=O)c1S(=O)(=O)N[C@H](C)c1ccccc1. The fourth-order valence-corrected chi connectivity index (χ4v) is 4.96. The van der Waals surface area contributed by atoms with Gasteiger partial charge in [-0.2, -0.15) is 0 Å². The second-order valence-electron chi connectivity index (χ2n) is 5.58. The van der Waals surface area contributed by atoms with E-state index in [2.05, 4.69) is 9.71 Å². The number of thiazole rings is 1. The number of nitrogens with one attached hydrogen (secondary N) is 1. The highest BCUT2D eigenvalue weighted by molar-refractivity contribution is 7.89. The van der Waals surface area contributed by atoms with Crippen molar-refractivity contribution in [3.63, 3.8) is 0 Å². The standard InChI is InChI=1S/C16H17N3O3S2/c1-10-9-23-16-17-12(3)14(15(20)19(10)16)24(21,22)18-11(2)13-7-5-4-6-8-13/h4-9,11,18H,1-3H3/t11-/m1/s1. The Labute approximate surface area is 143 Å². The number of hydrogen-bond acceptors (Lipinski definition) is 5. The van der Waals surface area contributed by atoms with Crippen molar-refractivity contribution in [1.29, 1.82) is 0 Å². The molecule has 0 spiro atoms. The van der Waals surface area contributed by atoms with Crippen molar-refractivity contribution < 1.29 is 8.42 Å². The lowest BCUT2D eigenvalue weighted by Crippen LogP contribution is -2.34. The summed E-state index contributed by atoms with van der Waals surface area (Å²) in [4.78, 5) is 17.2. The predicted octanol–water partition coefficient (Wildman–Crippen LogP) is 2.41. The fourth-order valence-electron chi connectivity index (χ4n) is 2.58. The zero-order chi connectivity index (χ0) is 17.5. The molecule has 6 nitrogen and oxygen atoms in total. The van der Waals surface area contributed by atoms with Gasteiger partial charge in [0.15, 0.2) is 9.86 Å². The molecule has 1 atom stereocenters. The first kappa shape index (κ1) is 16.8. The third-order valence-electron chi connectivity index (χ3n) is 3.77. The lowest BCUT2D eigenvalue weighted by atomic mass is 10.1. The molecule has 0 fully saturated rings. The molecule has 24 heavy (non-hydrogen) atoms. The van der Waals surface area contributed by atoms with Crippen molar-refractivity contribution in [3.05, 3.63) is 63.0 Å². The van der Waals surface area contributed by atoms with Crippen LogP contribution in [0.3, 0.4) is 0 Å². The summed E-state index contributed by atoms with van der Waals surface area (Å²) in [6, 6.07) is 8.73. The van der Waals surface area contributed by atoms with Crippen molar-refractivity contribution >= 4 is 26.3 Å². The maximum absolute atomic E-state index is 12.8. The first-order valence-corrected chi connectivity index (χ1v) is 9.72. The molecule has 0 amide bonds. The van der Waals surface area contributed by atoms with Gasteiger partial charge in [0, 0.05) is 17.1 Å². The number of rotatable bonds is 4. The minimum atomic E-state index is -4.00. The van der Waals surface area contributed by atoms with Crippen LogP contribution in [0.15, 0.2) is 45.4 Å². The third-order valence-corrected chi connectivity index (χ3v) is 6.38. The zero-order valence-electron chi connectivity index (χ0n) is 13.5. The van der Waals surface area contributed by atoms with E-state index in [0.29, 0.717) is 10.7 Å². The van der Waals surface area contributed by atoms with Gasteiger partial charge in [0.05, 0.1) is 5.69 Å². The van der Waals surface area contributed by atoms with Crippen LogP contribution in [0.2, 0.25) is 0 Å². The molecule has 0 aliphatic carbocycles. The summed E-state index contributed by atoms with van der Waals surface area (Å²) in [5.74, 6) is 0. The Morgan fingerprint density at radius 3 is 2.54 bits per heavy atom. The number of benzene rings is 1. The summed E-state index contributed by atoms with van der Waals surface area (Å²) < 4.78 is 29.4. The molecular formula is C16H17N3O3S2. The van der Waals surface area contributed by atoms with E-state index in [4.69, 9.17) is 0 Å². The minimum Gasteiger partial charge on any atom is -0.267 e. The van der Waals surface area contributed by atoms with Crippen molar-refractivity contribution in [1.82, 2.24) is 14.1 Å². The monoisotopic (exact) mass is 363 g/mol. The van der Waals surface area contributed by atoms with Crippen LogP contribution in [0, 0.1) is 13.8 Å². The molecule has 2 aromatic heterocycles. The van der Waals surface area contributed by atoms with E-state index >= 15 is 0 Å². The Bertz CT molecular complexity index is 1050. The average Bonchev–Trinajstić information content (AvgIpc) is 2.88. The Hall–Kier alpha value is -2.03. The maximum Gasteiger partial charge on any atom is 0.279 e. The first-order valence-electron chi connectivity index (χ1n) is 7.36. The van der Waals surface area contributed by atoms with Crippen LogP contribution >= 0.6 is 11.3 Å². The van der Waals surface area contributed by atoms with E-state index < -0.39 is 21.6 Å². The van der Waals surface area contributed by atoms with E-state index in [0.717, 1.165) is 5.56 Å². The van der Waals surface area contributed by atoms with Crippen LogP contribution in [-0.4, -0.2) is 17.8 Å². The predicted molar refractivity (Wildman–Crippen MR) is 94.0 cm³/mol. The summed E-state index contributed by atoms with van der Waals surface area (Å²) in [5, 5.41) is 1.78. The Morgan fingerprint density at radius 2 is 1.88 bits per heavy atom. The first-order chi connectivity index (χ1) is 11.3. The molecule has 2 heterocycles. The summed E-state index contributed by atoms with van der Waals surface area (Å²) in [5.41, 5.74) is 1.12. The van der Waals surface area contributed by atoms with Crippen LogP contribution in [0.4, 0.5) is 0 Å². The molecule has 0 bridgehead atoms. The molecule has 0 aliphatic heterocycles. The molecule has 0 saturated carbocycles. The zero-order valence-corrected chi connectivity index (χ0v) is 15.1. The van der Waals surface area contributed by atoms with E-state index in [1.165, 1.54) is 22.7 Å². The van der Waals surface area contributed by atoms with Crippen LogP contribution < -0.4 is 10.3 Å². The molecule has 3 rings (SSSR count). The molecule has 1 N–H and O–H groups in total. The van der Waals surface area contributed by atoms with Crippen molar-refractivity contribution in [2.24, 2.45) is 0 Å². The van der Waals surface area contributed by atoms with Gasteiger partial charge in [-0.3, -0.25) is 9.20 Å². The van der Waals surface area contributed by atoms with E-state index in [1.807, 2.05) is 30.3 Å². The largest absolute Gasteiger partial charge is 0.279 e. The molecular weight excluding hydrogens is 346 g/mol. The summed E-state index contributed by atoms with van der Waals surface area (Å²) in [6.07, 6.45) is 0. The smallest absolute Gasteiger partial charge is 0.267 e. The quantitative estimate of drug-likeness (QED) is 0.772. The van der Waals surface area contributed by atoms with Gasteiger partial charge in [-0.1, -0.05) is 30.3 Å². The van der Waals surface area contributed by atoms with Crippen LogP contribution in [-0.2, 0) is 10.0 Å². The third kappa shape index (κ3) is 2.88. The average molecular weight is 363 g/mol. The number of nitrogens with zero attached hydrogens (tertiary/aromatic N) is 2. The Kier molecular flexibility index (Phi) is 4.29. The van der Waals surface area contributed by atoms with Crippen molar-refractivity contribution in [3.8, 4) is 0 Å². The van der Waals surface area contributed by atoms with Gasteiger partial charge >= 0.3 is 0 Å². The number of sulfonamides is 1. The molecule has 0 saturated heterocycles. The van der Waals surface area contributed by atoms with Gasteiger partial charge < -0.3 is 0 Å². The normalized spacial score (nSPS) is 13.3. The number of fused-ring (bicyclic) bond motifs is 1. The molecule has 8 heteroatoms. The van der Waals surface area contributed by atoms with Gasteiger partial charge in [-0.25, -0.2) is 18.1 Å². The second-order valence-corrected chi connectivity index (χ2v) is 8.07. The number of aromatic nitrogens is 2. The van der Waals surface area contributed by atoms with Crippen LogP contribution in [0.5, 0.6) is 0 Å². The van der Waals surface area contributed by atoms with Gasteiger partial charge in [0.1, 0.15) is 0 Å². The lowest BCUT2D eigenvalue weighted by Gasteiger charge is -2.15. The highest BCUT2D eigenvalue weighted by atomic mass is 32.2.